The smallest absolute Gasteiger partial charge is 0.276 e. The molecule has 0 aliphatic rings. The topological polar surface area (TPSA) is 120 Å². The fourth-order valence-electron chi connectivity index (χ4n) is 2.19. The highest BCUT2D eigenvalue weighted by Crippen LogP contribution is 2.17. The SMILES string of the molecule is Cc1cc(C)cc(OCC(=O)NNC(=O)COc2ccc([N+](=O)[O-])cc2)c1. The van der Waals surface area contributed by atoms with Crippen molar-refractivity contribution in [1.82, 2.24) is 10.9 Å². The van der Waals surface area contributed by atoms with Crippen molar-refractivity contribution >= 4 is 17.5 Å². The molecule has 142 valence electrons. The molecule has 0 unspecified atom stereocenters. The molecule has 0 saturated heterocycles. The zero-order valence-corrected chi connectivity index (χ0v) is 14.9. The molecule has 27 heavy (non-hydrogen) atoms. The zero-order chi connectivity index (χ0) is 19.8. The number of carbonyl (C=O) groups excluding carboxylic acids is 2. The summed E-state index contributed by atoms with van der Waals surface area (Å²) in [6.07, 6.45) is 0. The standard InChI is InChI=1S/C18H19N3O6/c1-12-7-13(2)9-16(8-12)27-11-18(23)20-19-17(22)10-26-15-5-3-14(4-6-15)21(24)25/h3-9H,10-11H2,1-2H3,(H,19,22)(H,20,23). The van der Waals surface area contributed by atoms with Crippen molar-refractivity contribution in [1.29, 1.82) is 0 Å². The van der Waals surface area contributed by atoms with E-state index in [1.807, 2.05) is 19.9 Å². The van der Waals surface area contributed by atoms with Gasteiger partial charge in [-0.1, -0.05) is 6.07 Å². The number of nitrogens with zero attached hydrogens (tertiary/aromatic N) is 1. The second-order valence-electron chi connectivity index (χ2n) is 5.75. The largest absolute Gasteiger partial charge is 0.484 e. The fourth-order valence-corrected chi connectivity index (χ4v) is 2.19. The van der Waals surface area contributed by atoms with Crippen molar-refractivity contribution in [3.63, 3.8) is 0 Å². The Morgan fingerprint density at radius 3 is 1.85 bits per heavy atom. The summed E-state index contributed by atoms with van der Waals surface area (Å²) < 4.78 is 10.5. The normalized spacial score (nSPS) is 10.0. The van der Waals surface area contributed by atoms with Gasteiger partial charge < -0.3 is 9.47 Å². The fraction of sp³-hybridized carbons (Fsp3) is 0.222. The maximum atomic E-state index is 11.7. The van der Waals surface area contributed by atoms with Crippen LogP contribution in [0.5, 0.6) is 11.5 Å². The number of hydrogen-bond donors (Lipinski definition) is 2. The van der Waals surface area contributed by atoms with E-state index in [-0.39, 0.29) is 18.9 Å². The molecule has 0 radical (unpaired) electrons. The predicted molar refractivity (Wildman–Crippen MR) is 96.3 cm³/mol. The van der Waals surface area contributed by atoms with Gasteiger partial charge in [0.15, 0.2) is 13.2 Å². The van der Waals surface area contributed by atoms with E-state index < -0.39 is 16.7 Å². The van der Waals surface area contributed by atoms with Crippen LogP contribution >= 0.6 is 0 Å². The van der Waals surface area contributed by atoms with Gasteiger partial charge in [0, 0.05) is 12.1 Å². The number of rotatable bonds is 7. The number of benzene rings is 2. The van der Waals surface area contributed by atoms with E-state index in [9.17, 15) is 19.7 Å². The number of hydrazine groups is 1. The summed E-state index contributed by atoms with van der Waals surface area (Å²) >= 11 is 0. The Balaban J connectivity index is 1.70. The number of nitro benzene ring substituents is 1. The average molecular weight is 373 g/mol. The van der Waals surface area contributed by atoms with E-state index >= 15 is 0 Å². The molecule has 2 N–H and O–H groups in total. The number of ether oxygens (including phenoxy) is 2. The number of nitro groups is 1. The molecule has 0 heterocycles. The average Bonchev–Trinajstić information content (AvgIpc) is 2.62. The first-order valence-corrected chi connectivity index (χ1v) is 7.99. The second kappa shape index (κ2) is 9.18. The lowest BCUT2D eigenvalue weighted by Crippen LogP contribution is -2.45. The molecule has 0 aliphatic carbocycles. The molecule has 0 aliphatic heterocycles. The molecule has 0 fully saturated rings. The number of carbonyl (C=O) groups is 2. The molecule has 0 bridgehead atoms. The number of amides is 2. The highest BCUT2D eigenvalue weighted by atomic mass is 16.6. The van der Waals surface area contributed by atoms with Gasteiger partial charge >= 0.3 is 0 Å². The summed E-state index contributed by atoms with van der Waals surface area (Å²) in [6, 6.07) is 10.9. The molecule has 2 aromatic rings. The molecule has 2 amide bonds. The lowest BCUT2D eigenvalue weighted by atomic mass is 10.1. The van der Waals surface area contributed by atoms with E-state index in [1.165, 1.54) is 24.3 Å². The van der Waals surface area contributed by atoms with Crippen molar-refractivity contribution in [2.45, 2.75) is 13.8 Å². The van der Waals surface area contributed by atoms with Crippen LogP contribution in [0.15, 0.2) is 42.5 Å². The lowest BCUT2D eigenvalue weighted by molar-refractivity contribution is -0.384. The first-order chi connectivity index (χ1) is 12.8. The first-order valence-electron chi connectivity index (χ1n) is 7.99. The molecule has 0 spiro atoms. The minimum absolute atomic E-state index is 0.0807. The van der Waals surface area contributed by atoms with E-state index in [4.69, 9.17) is 9.47 Å². The molecule has 0 saturated carbocycles. The van der Waals surface area contributed by atoms with Gasteiger partial charge in [-0.25, -0.2) is 0 Å². The third-order valence-corrected chi connectivity index (χ3v) is 3.32. The highest BCUT2D eigenvalue weighted by molar-refractivity contribution is 5.83. The van der Waals surface area contributed by atoms with Crippen LogP contribution in [0.2, 0.25) is 0 Å². The Hall–Kier alpha value is -3.62. The van der Waals surface area contributed by atoms with Gasteiger partial charge in [-0.3, -0.25) is 30.6 Å². The minimum atomic E-state index is -0.590. The molecular formula is C18H19N3O6. The summed E-state index contributed by atoms with van der Waals surface area (Å²) in [5.41, 5.74) is 6.35. The van der Waals surface area contributed by atoms with E-state index in [0.717, 1.165) is 11.1 Å². The summed E-state index contributed by atoms with van der Waals surface area (Å²) in [5, 5.41) is 10.6. The Labute approximate surface area is 155 Å². The van der Waals surface area contributed by atoms with Crippen LogP contribution in [-0.2, 0) is 9.59 Å². The third kappa shape index (κ3) is 6.65. The quantitative estimate of drug-likeness (QED) is 0.564. The van der Waals surface area contributed by atoms with Crippen LogP contribution in [0.25, 0.3) is 0 Å². The number of nitrogens with one attached hydrogen (secondary N) is 2. The summed E-state index contributed by atoms with van der Waals surface area (Å²) in [7, 11) is 0. The van der Waals surface area contributed by atoms with Gasteiger partial charge in [-0.15, -0.1) is 0 Å². The van der Waals surface area contributed by atoms with Crippen molar-refractivity contribution in [2.24, 2.45) is 0 Å². The second-order valence-corrected chi connectivity index (χ2v) is 5.75. The van der Waals surface area contributed by atoms with Gasteiger partial charge in [-0.05, 0) is 49.2 Å². The van der Waals surface area contributed by atoms with Crippen LogP contribution in [-0.4, -0.2) is 30.0 Å². The molecular weight excluding hydrogens is 354 g/mol. The predicted octanol–water partition coefficient (Wildman–Crippen LogP) is 1.82. The monoisotopic (exact) mass is 373 g/mol. The molecule has 0 aromatic heterocycles. The summed E-state index contributed by atoms with van der Waals surface area (Å²) in [6.45, 7) is 3.22. The Morgan fingerprint density at radius 2 is 1.37 bits per heavy atom. The van der Waals surface area contributed by atoms with Gasteiger partial charge in [-0.2, -0.15) is 0 Å². The van der Waals surface area contributed by atoms with Crippen molar-refractivity contribution in [3.05, 3.63) is 63.7 Å². The highest BCUT2D eigenvalue weighted by Gasteiger charge is 2.08. The van der Waals surface area contributed by atoms with Crippen LogP contribution in [0, 0.1) is 24.0 Å². The van der Waals surface area contributed by atoms with Crippen LogP contribution < -0.4 is 20.3 Å². The van der Waals surface area contributed by atoms with Gasteiger partial charge in [0.05, 0.1) is 4.92 Å². The summed E-state index contributed by atoms with van der Waals surface area (Å²) in [4.78, 5) is 33.4. The molecule has 9 nitrogen and oxygen atoms in total. The van der Waals surface area contributed by atoms with E-state index in [2.05, 4.69) is 10.9 Å². The zero-order valence-electron chi connectivity index (χ0n) is 14.9. The van der Waals surface area contributed by atoms with Crippen LogP contribution in [0.3, 0.4) is 0 Å². The minimum Gasteiger partial charge on any atom is -0.484 e. The number of non-ortho nitro benzene ring substituents is 1. The van der Waals surface area contributed by atoms with Crippen LogP contribution in [0.1, 0.15) is 11.1 Å². The molecule has 9 heteroatoms. The third-order valence-electron chi connectivity index (χ3n) is 3.32. The van der Waals surface area contributed by atoms with Crippen molar-refractivity contribution < 1.29 is 24.0 Å². The maximum absolute atomic E-state index is 11.7. The van der Waals surface area contributed by atoms with E-state index in [0.29, 0.717) is 11.5 Å². The van der Waals surface area contributed by atoms with Crippen molar-refractivity contribution in [3.8, 4) is 11.5 Å². The van der Waals surface area contributed by atoms with E-state index in [1.54, 1.807) is 12.1 Å². The Bertz CT molecular complexity index is 815. The summed E-state index contributed by atoms with van der Waals surface area (Å²) in [5.74, 6) is -0.262. The van der Waals surface area contributed by atoms with Gasteiger partial charge in [0.2, 0.25) is 0 Å². The van der Waals surface area contributed by atoms with Gasteiger partial charge in [0.1, 0.15) is 11.5 Å². The van der Waals surface area contributed by atoms with Crippen LogP contribution in [0.4, 0.5) is 5.69 Å². The number of hydrogen-bond acceptors (Lipinski definition) is 6. The number of aryl methyl sites for hydroxylation is 2. The maximum Gasteiger partial charge on any atom is 0.276 e. The van der Waals surface area contributed by atoms with Gasteiger partial charge in [0.25, 0.3) is 17.5 Å². The molecule has 2 rings (SSSR count). The lowest BCUT2D eigenvalue weighted by Gasteiger charge is -2.10. The Morgan fingerprint density at radius 1 is 0.889 bits per heavy atom. The molecule has 0 atom stereocenters. The first kappa shape index (κ1) is 19.7. The Kier molecular flexibility index (Phi) is 6.70. The molecule has 2 aromatic carbocycles. The van der Waals surface area contributed by atoms with Crippen molar-refractivity contribution in [2.75, 3.05) is 13.2 Å².